The lowest BCUT2D eigenvalue weighted by Gasteiger charge is -2.10. The first-order valence-corrected chi connectivity index (χ1v) is 8.50. The van der Waals surface area contributed by atoms with Gasteiger partial charge >= 0.3 is 0 Å². The smallest absolute Gasteiger partial charge is 0.255 e. The molecule has 0 saturated carbocycles. The lowest BCUT2D eigenvalue weighted by Crippen LogP contribution is -2.33. The molecule has 0 aliphatic heterocycles. The van der Waals surface area contributed by atoms with E-state index >= 15 is 0 Å². The molecule has 0 unspecified atom stereocenters. The van der Waals surface area contributed by atoms with E-state index < -0.39 is 0 Å². The number of aromatic amines is 1. The van der Waals surface area contributed by atoms with E-state index in [2.05, 4.69) is 15.3 Å². The Bertz CT molecular complexity index is 726. The molecular formula is C17H21N3O2S. The fourth-order valence-corrected chi connectivity index (χ4v) is 2.98. The molecule has 122 valence electrons. The van der Waals surface area contributed by atoms with Crippen LogP contribution in [-0.2, 0) is 17.0 Å². The number of benzene rings is 1. The molecule has 0 aliphatic rings. The van der Waals surface area contributed by atoms with Gasteiger partial charge in [0.25, 0.3) is 5.56 Å². The van der Waals surface area contributed by atoms with Crippen LogP contribution >= 0.6 is 11.8 Å². The molecule has 2 N–H and O–H groups in total. The van der Waals surface area contributed by atoms with Crippen molar-refractivity contribution in [3.05, 3.63) is 57.5 Å². The van der Waals surface area contributed by atoms with E-state index in [-0.39, 0.29) is 23.9 Å². The third-order valence-corrected chi connectivity index (χ3v) is 4.15. The fourth-order valence-electron chi connectivity index (χ4n) is 2.12. The summed E-state index contributed by atoms with van der Waals surface area (Å²) in [5.74, 6) is 0.566. The molecule has 2 aromatic rings. The van der Waals surface area contributed by atoms with E-state index in [4.69, 9.17) is 0 Å². The Balaban J connectivity index is 2.08. The average Bonchev–Trinajstić information content (AvgIpc) is 2.49. The van der Waals surface area contributed by atoms with Crippen molar-refractivity contribution in [3.8, 4) is 0 Å². The summed E-state index contributed by atoms with van der Waals surface area (Å²) in [5.41, 5.74) is 1.94. The van der Waals surface area contributed by atoms with E-state index in [9.17, 15) is 9.59 Å². The standard InChI is InChI=1S/C17H21N3O2S/c1-11(2)18-15(21)9-14-12(3)19-17(20-16(14)22)23-10-13-7-5-4-6-8-13/h4-8,11H,9-10H2,1-3H3,(H,18,21)(H,19,20,22). The number of aromatic nitrogens is 2. The number of thioether (sulfide) groups is 1. The van der Waals surface area contributed by atoms with Gasteiger partial charge in [0.2, 0.25) is 5.91 Å². The molecule has 6 heteroatoms. The van der Waals surface area contributed by atoms with Crippen molar-refractivity contribution in [1.82, 2.24) is 15.3 Å². The van der Waals surface area contributed by atoms with Gasteiger partial charge in [-0.05, 0) is 26.3 Å². The minimum Gasteiger partial charge on any atom is -0.354 e. The summed E-state index contributed by atoms with van der Waals surface area (Å²) < 4.78 is 0. The Hall–Kier alpha value is -2.08. The summed E-state index contributed by atoms with van der Waals surface area (Å²) in [6.07, 6.45) is 0.0516. The number of H-pyrrole nitrogens is 1. The van der Waals surface area contributed by atoms with Crippen LogP contribution in [-0.4, -0.2) is 21.9 Å². The maximum absolute atomic E-state index is 12.2. The van der Waals surface area contributed by atoms with Gasteiger partial charge in [-0.1, -0.05) is 42.1 Å². The number of rotatable bonds is 6. The highest BCUT2D eigenvalue weighted by Crippen LogP contribution is 2.18. The van der Waals surface area contributed by atoms with Crippen molar-refractivity contribution in [3.63, 3.8) is 0 Å². The van der Waals surface area contributed by atoms with E-state index in [1.54, 1.807) is 6.92 Å². The zero-order chi connectivity index (χ0) is 16.8. The number of hydrogen-bond acceptors (Lipinski definition) is 4. The van der Waals surface area contributed by atoms with Crippen molar-refractivity contribution < 1.29 is 4.79 Å². The fraction of sp³-hybridized carbons (Fsp3) is 0.353. The molecule has 1 aromatic heterocycles. The van der Waals surface area contributed by atoms with Gasteiger partial charge in [-0.3, -0.25) is 9.59 Å². The molecule has 1 heterocycles. The Morgan fingerprint density at radius 2 is 2.00 bits per heavy atom. The summed E-state index contributed by atoms with van der Waals surface area (Å²) in [7, 11) is 0. The lowest BCUT2D eigenvalue weighted by atomic mass is 10.1. The SMILES string of the molecule is Cc1nc(SCc2ccccc2)[nH]c(=O)c1CC(=O)NC(C)C. The van der Waals surface area contributed by atoms with Gasteiger partial charge < -0.3 is 10.3 Å². The highest BCUT2D eigenvalue weighted by atomic mass is 32.2. The van der Waals surface area contributed by atoms with Crippen molar-refractivity contribution in [2.45, 2.75) is 44.1 Å². The van der Waals surface area contributed by atoms with Crippen molar-refractivity contribution >= 4 is 17.7 Å². The molecule has 5 nitrogen and oxygen atoms in total. The van der Waals surface area contributed by atoms with Gasteiger partial charge in [0.1, 0.15) is 0 Å². The minimum atomic E-state index is -0.244. The first-order chi connectivity index (χ1) is 11.0. The van der Waals surface area contributed by atoms with E-state index in [0.29, 0.717) is 16.4 Å². The first kappa shape index (κ1) is 17.3. The molecule has 0 fully saturated rings. The van der Waals surface area contributed by atoms with Gasteiger partial charge in [0.05, 0.1) is 6.42 Å². The second kappa shape index (κ2) is 7.97. The van der Waals surface area contributed by atoms with Crippen molar-refractivity contribution in [2.75, 3.05) is 0 Å². The Labute approximate surface area is 139 Å². The predicted molar refractivity (Wildman–Crippen MR) is 92.6 cm³/mol. The van der Waals surface area contributed by atoms with Crippen LogP contribution in [0.5, 0.6) is 0 Å². The first-order valence-electron chi connectivity index (χ1n) is 7.51. The molecule has 0 spiro atoms. The van der Waals surface area contributed by atoms with E-state index in [1.165, 1.54) is 11.8 Å². The quantitative estimate of drug-likeness (QED) is 0.630. The minimum absolute atomic E-state index is 0.0514. The largest absolute Gasteiger partial charge is 0.354 e. The van der Waals surface area contributed by atoms with Crippen LogP contribution in [0.2, 0.25) is 0 Å². The number of hydrogen-bond donors (Lipinski definition) is 2. The van der Waals surface area contributed by atoms with Gasteiger partial charge in [-0.25, -0.2) is 4.98 Å². The number of aryl methyl sites for hydroxylation is 1. The maximum atomic E-state index is 12.2. The second-order valence-electron chi connectivity index (χ2n) is 5.61. The predicted octanol–water partition coefficient (Wildman–Crippen LogP) is 2.44. The molecule has 0 bridgehead atoms. The molecule has 0 aliphatic carbocycles. The van der Waals surface area contributed by atoms with Gasteiger partial charge in [0, 0.05) is 23.1 Å². The second-order valence-corrected chi connectivity index (χ2v) is 6.57. The number of nitrogens with one attached hydrogen (secondary N) is 2. The third kappa shape index (κ3) is 5.25. The summed E-state index contributed by atoms with van der Waals surface area (Å²) in [5, 5.41) is 3.36. The van der Waals surface area contributed by atoms with Gasteiger partial charge in [0.15, 0.2) is 5.16 Å². The average molecular weight is 331 g/mol. The monoisotopic (exact) mass is 331 g/mol. The van der Waals surface area contributed by atoms with Crippen LogP contribution in [0.25, 0.3) is 0 Å². The zero-order valence-electron chi connectivity index (χ0n) is 13.6. The summed E-state index contributed by atoms with van der Waals surface area (Å²) in [6, 6.07) is 10.0. The van der Waals surface area contributed by atoms with Crippen LogP contribution in [0.15, 0.2) is 40.3 Å². The molecule has 1 aromatic carbocycles. The molecular weight excluding hydrogens is 310 g/mol. The van der Waals surface area contributed by atoms with Crippen molar-refractivity contribution in [2.24, 2.45) is 0 Å². The normalized spacial score (nSPS) is 10.8. The summed E-state index contributed by atoms with van der Waals surface area (Å²) in [6.45, 7) is 5.53. The van der Waals surface area contributed by atoms with Crippen LogP contribution in [0.4, 0.5) is 0 Å². The van der Waals surface area contributed by atoms with Gasteiger partial charge in [-0.2, -0.15) is 0 Å². The van der Waals surface area contributed by atoms with Crippen LogP contribution in [0.1, 0.15) is 30.7 Å². The molecule has 0 radical (unpaired) electrons. The molecule has 1 amide bonds. The van der Waals surface area contributed by atoms with Crippen LogP contribution in [0.3, 0.4) is 0 Å². The Morgan fingerprint density at radius 3 is 2.61 bits per heavy atom. The molecule has 23 heavy (non-hydrogen) atoms. The van der Waals surface area contributed by atoms with Crippen molar-refractivity contribution in [1.29, 1.82) is 0 Å². The topological polar surface area (TPSA) is 74.8 Å². The number of nitrogens with zero attached hydrogens (tertiary/aromatic N) is 1. The third-order valence-electron chi connectivity index (χ3n) is 3.21. The van der Waals surface area contributed by atoms with Crippen LogP contribution in [0, 0.1) is 6.92 Å². The number of carbonyl (C=O) groups is 1. The zero-order valence-corrected chi connectivity index (χ0v) is 14.4. The lowest BCUT2D eigenvalue weighted by molar-refractivity contribution is -0.120. The van der Waals surface area contributed by atoms with E-state index in [0.717, 1.165) is 11.3 Å². The van der Waals surface area contributed by atoms with E-state index in [1.807, 2.05) is 44.2 Å². The summed E-state index contributed by atoms with van der Waals surface area (Å²) >= 11 is 1.47. The number of amides is 1. The Morgan fingerprint density at radius 1 is 1.30 bits per heavy atom. The molecule has 2 rings (SSSR count). The van der Waals surface area contributed by atoms with Crippen LogP contribution < -0.4 is 10.9 Å². The number of carbonyl (C=O) groups excluding carboxylic acids is 1. The highest BCUT2D eigenvalue weighted by molar-refractivity contribution is 7.98. The molecule has 0 saturated heterocycles. The molecule has 0 atom stereocenters. The maximum Gasteiger partial charge on any atom is 0.255 e. The van der Waals surface area contributed by atoms with Gasteiger partial charge in [-0.15, -0.1) is 0 Å². The highest BCUT2D eigenvalue weighted by Gasteiger charge is 2.13. The summed E-state index contributed by atoms with van der Waals surface area (Å²) in [4.78, 5) is 31.2. The Kier molecular flexibility index (Phi) is 5.98.